The molecule has 0 fully saturated rings. The second-order valence-electron chi connectivity index (χ2n) is 5.87. The molecule has 30 heavy (non-hydrogen) atoms. The fraction of sp³-hybridized carbons (Fsp3) is 0.0556. The van der Waals surface area contributed by atoms with Crippen LogP contribution in [0.5, 0.6) is 11.5 Å². The van der Waals surface area contributed by atoms with Crippen molar-refractivity contribution in [1.82, 2.24) is 9.97 Å². The molecular formula is C18H11F3N6O3. The molecule has 2 aromatic carbocycles. The minimum atomic E-state index is -4.60. The van der Waals surface area contributed by atoms with Crippen LogP contribution in [0.25, 0.3) is 11.3 Å². The summed E-state index contributed by atoms with van der Waals surface area (Å²) in [5, 5.41) is 20.8. The lowest BCUT2D eigenvalue weighted by atomic mass is 10.1. The first kappa shape index (κ1) is 20.3. The van der Waals surface area contributed by atoms with Gasteiger partial charge in [0.2, 0.25) is 11.7 Å². The van der Waals surface area contributed by atoms with Crippen molar-refractivity contribution in [3.8, 4) is 28.8 Å². The van der Waals surface area contributed by atoms with E-state index in [9.17, 15) is 28.5 Å². The first-order valence-electron chi connectivity index (χ1n) is 8.07. The summed E-state index contributed by atoms with van der Waals surface area (Å²) < 4.78 is 43.9. The van der Waals surface area contributed by atoms with Gasteiger partial charge in [-0.15, -0.1) is 0 Å². The van der Waals surface area contributed by atoms with Crippen LogP contribution in [0.1, 0.15) is 11.1 Å². The number of nitrogens with two attached hydrogens (primary N) is 2. The lowest BCUT2D eigenvalue weighted by Gasteiger charge is -2.11. The molecule has 0 atom stereocenters. The molecule has 3 rings (SSSR count). The summed E-state index contributed by atoms with van der Waals surface area (Å²) in [4.78, 5) is 18.3. The second kappa shape index (κ2) is 7.55. The molecule has 4 N–H and O–H groups in total. The van der Waals surface area contributed by atoms with Gasteiger partial charge in [-0.25, -0.2) is 4.98 Å². The summed E-state index contributed by atoms with van der Waals surface area (Å²) in [5.74, 6) is -0.995. The smallest absolute Gasteiger partial charge is 0.416 e. The number of anilines is 2. The van der Waals surface area contributed by atoms with E-state index in [-0.39, 0.29) is 40.1 Å². The van der Waals surface area contributed by atoms with Gasteiger partial charge in [0.05, 0.1) is 16.2 Å². The average Bonchev–Trinajstić information content (AvgIpc) is 2.67. The van der Waals surface area contributed by atoms with Crippen molar-refractivity contribution in [1.29, 1.82) is 5.26 Å². The van der Waals surface area contributed by atoms with Gasteiger partial charge in [0.1, 0.15) is 23.2 Å². The zero-order valence-corrected chi connectivity index (χ0v) is 14.8. The molecule has 9 nitrogen and oxygen atoms in total. The lowest BCUT2D eigenvalue weighted by molar-refractivity contribution is -0.385. The summed E-state index contributed by atoms with van der Waals surface area (Å²) in [5.41, 5.74) is 9.60. The SMILES string of the molecule is N#Cc1c(N)nc(N)nc1-c1ccc(Oc2cccc(C(F)(F)F)c2)c([N+](=O)[O-])c1. The summed E-state index contributed by atoms with van der Waals surface area (Å²) in [6.45, 7) is 0. The number of benzene rings is 2. The Morgan fingerprint density at radius 2 is 1.87 bits per heavy atom. The predicted molar refractivity (Wildman–Crippen MR) is 99.2 cm³/mol. The van der Waals surface area contributed by atoms with E-state index in [4.69, 9.17) is 16.2 Å². The fourth-order valence-electron chi connectivity index (χ4n) is 2.57. The summed E-state index contributed by atoms with van der Waals surface area (Å²) in [6, 6.07) is 9.26. The van der Waals surface area contributed by atoms with E-state index < -0.39 is 22.4 Å². The number of aromatic nitrogens is 2. The van der Waals surface area contributed by atoms with Crippen molar-refractivity contribution in [2.24, 2.45) is 0 Å². The molecule has 0 radical (unpaired) electrons. The number of hydrogen-bond donors (Lipinski definition) is 2. The Balaban J connectivity index is 2.07. The van der Waals surface area contributed by atoms with Gasteiger partial charge in [-0.1, -0.05) is 6.07 Å². The number of rotatable bonds is 4. The summed E-state index contributed by atoms with van der Waals surface area (Å²) in [7, 11) is 0. The highest BCUT2D eigenvalue weighted by molar-refractivity contribution is 5.75. The first-order chi connectivity index (χ1) is 14.1. The summed E-state index contributed by atoms with van der Waals surface area (Å²) in [6.07, 6.45) is -4.60. The third-order valence-corrected chi connectivity index (χ3v) is 3.88. The molecule has 1 heterocycles. The van der Waals surface area contributed by atoms with E-state index in [1.807, 2.05) is 0 Å². The molecular weight excluding hydrogens is 405 g/mol. The molecule has 0 amide bonds. The van der Waals surface area contributed by atoms with Gasteiger partial charge < -0.3 is 16.2 Å². The average molecular weight is 416 g/mol. The molecule has 0 aliphatic rings. The highest BCUT2D eigenvalue weighted by atomic mass is 19.4. The molecule has 1 aromatic heterocycles. The zero-order chi connectivity index (χ0) is 22.1. The number of nitrogens with zero attached hydrogens (tertiary/aromatic N) is 4. The maximum Gasteiger partial charge on any atom is 0.416 e. The van der Waals surface area contributed by atoms with E-state index in [0.717, 1.165) is 24.3 Å². The van der Waals surface area contributed by atoms with Gasteiger partial charge in [-0.3, -0.25) is 10.1 Å². The fourth-order valence-corrected chi connectivity index (χ4v) is 2.57. The minimum Gasteiger partial charge on any atom is -0.450 e. The molecule has 0 saturated heterocycles. The van der Waals surface area contributed by atoms with Crippen LogP contribution in [0, 0.1) is 21.4 Å². The standard InChI is InChI=1S/C18H11F3N6O3/c19-18(20,21)10-2-1-3-11(7-10)30-14-5-4-9(6-13(14)27(28)29)15-12(8-22)16(23)26-17(24)25-15/h1-7H,(H4,23,24,25,26). The number of halogens is 3. The molecule has 0 aliphatic heterocycles. The Morgan fingerprint density at radius 1 is 1.13 bits per heavy atom. The van der Waals surface area contributed by atoms with Crippen LogP contribution < -0.4 is 16.2 Å². The van der Waals surface area contributed by atoms with Crippen LogP contribution in [0.15, 0.2) is 42.5 Å². The maximum absolute atomic E-state index is 12.9. The molecule has 152 valence electrons. The molecule has 12 heteroatoms. The van der Waals surface area contributed by atoms with E-state index >= 15 is 0 Å². The number of nitro groups is 1. The largest absolute Gasteiger partial charge is 0.450 e. The van der Waals surface area contributed by atoms with Gasteiger partial charge in [-0.05, 0) is 30.3 Å². The first-order valence-corrected chi connectivity index (χ1v) is 8.07. The van der Waals surface area contributed by atoms with Crippen LogP contribution in [-0.2, 0) is 6.18 Å². The van der Waals surface area contributed by atoms with Gasteiger partial charge in [0.25, 0.3) is 0 Å². The monoisotopic (exact) mass is 416 g/mol. The normalized spacial score (nSPS) is 11.0. The van der Waals surface area contributed by atoms with Crippen molar-refractivity contribution in [3.05, 3.63) is 63.7 Å². The van der Waals surface area contributed by atoms with Crippen LogP contribution >= 0.6 is 0 Å². The van der Waals surface area contributed by atoms with E-state index in [2.05, 4.69) is 9.97 Å². The van der Waals surface area contributed by atoms with E-state index in [0.29, 0.717) is 0 Å². The van der Waals surface area contributed by atoms with Crippen molar-refractivity contribution >= 4 is 17.5 Å². The Hall–Kier alpha value is -4.40. The van der Waals surface area contributed by atoms with Crippen molar-refractivity contribution in [3.63, 3.8) is 0 Å². The van der Waals surface area contributed by atoms with Crippen LogP contribution in [0.4, 0.5) is 30.6 Å². The quantitative estimate of drug-likeness (QED) is 0.479. The third-order valence-electron chi connectivity index (χ3n) is 3.88. The highest BCUT2D eigenvalue weighted by Crippen LogP contribution is 2.38. The van der Waals surface area contributed by atoms with E-state index in [1.165, 1.54) is 18.2 Å². The number of nitrogen functional groups attached to an aromatic ring is 2. The number of ether oxygens (including phenoxy) is 1. The highest BCUT2D eigenvalue weighted by Gasteiger charge is 2.31. The topological polar surface area (TPSA) is 154 Å². The van der Waals surface area contributed by atoms with Crippen LogP contribution in [-0.4, -0.2) is 14.9 Å². The number of nitriles is 1. The van der Waals surface area contributed by atoms with Crippen molar-refractivity contribution in [2.45, 2.75) is 6.18 Å². The second-order valence-corrected chi connectivity index (χ2v) is 5.87. The number of hydrogen-bond acceptors (Lipinski definition) is 8. The lowest BCUT2D eigenvalue weighted by Crippen LogP contribution is -2.05. The zero-order valence-electron chi connectivity index (χ0n) is 14.8. The van der Waals surface area contributed by atoms with E-state index in [1.54, 1.807) is 6.07 Å². The van der Waals surface area contributed by atoms with Crippen molar-refractivity contribution in [2.75, 3.05) is 11.5 Å². The van der Waals surface area contributed by atoms with Gasteiger partial charge in [-0.2, -0.15) is 23.4 Å². The minimum absolute atomic E-state index is 0.0313. The van der Waals surface area contributed by atoms with Gasteiger partial charge in [0, 0.05) is 11.6 Å². The Morgan fingerprint density at radius 3 is 2.50 bits per heavy atom. The molecule has 0 unspecified atom stereocenters. The Bertz CT molecular complexity index is 1190. The molecule has 0 saturated carbocycles. The number of alkyl halides is 3. The maximum atomic E-state index is 12.9. The van der Waals surface area contributed by atoms with Gasteiger partial charge in [0.15, 0.2) is 0 Å². The molecule has 3 aromatic rings. The Labute approximate surface area is 166 Å². The van der Waals surface area contributed by atoms with Crippen LogP contribution in [0.3, 0.4) is 0 Å². The van der Waals surface area contributed by atoms with Crippen LogP contribution in [0.2, 0.25) is 0 Å². The van der Waals surface area contributed by atoms with Crippen molar-refractivity contribution < 1.29 is 22.8 Å². The molecule has 0 spiro atoms. The third kappa shape index (κ3) is 4.04. The number of nitro benzene ring substituents is 1. The Kier molecular flexibility index (Phi) is 5.12. The van der Waals surface area contributed by atoms with Gasteiger partial charge >= 0.3 is 11.9 Å². The molecule has 0 aliphatic carbocycles. The predicted octanol–water partition coefficient (Wildman–Crippen LogP) is 3.90. The summed E-state index contributed by atoms with van der Waals surface area (Å²) >= 11 is 0. The molecule has 0 bridgehead atoms.